The van der Waals surface area contributed by atoms with Gasteiger partial charge in [0, 0.05) is 13.2 Å². The normalized spacial score (nSPS) is 21.9. The Morgan fingerprint density at radius 1 is 1.38 bits per heavy atom. The summed E-state index contributed by atoms with van der Waals surface area (Å²) in [5.74, 6) is 1.51. The molecular formula is C11H23NO. The Balaban J connectivity index is 2.20. The molecule has 1 aliphatic carbocycles. The molecule has 0 spiro atoms. The van der Waals surface area contributed by atoms with Gasteiger partial charge in [-0.3, -0.25) is 0 Å². The number of ether oxygens (including phenoxy) is 1. The smallest absolute Gasteiger partial charge is 0.0744 e. The SMILES string of the molecule is COC(C(C)C)C(N)CCC1CC1. The second-order valence-corrected chi connectivity index (χ2v) is 4.63. The van der Waals surface area contributed by atoms with Crippen LogP contribution in [0.2, 0.25) is 0 Å². The molecule has 13 heavy (non-hydrogen) atoms. The number of nitrogens with two attached hydrogens (primary N) is 1. The first-order chi connectivity index (χ1) is 6.15. The molecule has 1 rings (SSSR count). The van der Waals surface area contributed by atoms with E-state index in [0.717, 1.165) is 12.3 Å². The second-order valence-electron chi connectivity index (χ2n) is 4.63. The molecule has 0 aromatic carbocycles. The molecule has 1 aliphatic rings. The van der Waals surface area contributed by atoms with Crippen molar-refractivity contribution in [3.63, 3.8) is 0 Å². The fraction of sp³-hybridized carbons (Fsp3) is 1.00. The lowest BCUT2D eigenvalue weighted by atomic mass is 9.96. The molecule has 0 aliphatic heterocycles. The van der Waals surface area contributed by atoms with Crippen LogP contribution in [-0.4, -0.2) is 19.3 Å². The lowest BCUT2D eigenvalue weighted by Gasteiger charge is -2.25. The van der Waals surface area contributed by atoms with Crippen LogP contribution in [0.3, 0.4) is 0 Å². The zero-order chi connectivity index (χ0) is 9.84. The molecular weight excluding hydrogens is 162 g/mol. The highest BCUT2D eigenvalue weighted by molar-refractivity contribution is 4.80. The van der Waals surface area contributed by atoms with Crippen LogP contribution in [0.25, 0.3) is 0 Å². The van der Waals surface area contributed by atoms with Crippen molar-refractivity contribution in [2.75, 3.05) is 7.11 Å². The van der Waals surface area contributed by atoms with Gasteiger partial charge in [0.25, 0.3) is 0 Å². The van der Waals surface area contributed by atoms with E-state index >= 15 is 0 Å². The van der Waals surface area contributed by atoms with E-state index in [1.54, 1.807) is 7.11 Å². The number of rotatable bonds is 6. The quantitative estimate of drug-likeness (QED) is 0.688. The Kier molecular flexibility index (Phi) is 4.20. The first kappa shape index (κ1) is 11.0. The minimum Gasteiger partial charge on any atom is -0.380 e. The molecule has 0 aromatic rings. The summed E-state index contributed by atoms with van der Waals surface area (Å²) < 4.78 is 5.40. The molecule has 2 atom stereocenters. The molecule has 0 radical (unpaired) electrons. The fourth-order valence-electron chi connectivity index (χ4n) is 1.94. The van der Waals surface area contributed by atoms with Crippen LogP contribution in [0.1, 0.15) is 39.5 Å². The van der Waals surface area contributed by atoms with E-state index in [0.29, 0.717) is 5.92 Å². The van der Waals surface area contributed by atoms with Crippen molar-refractivity contribution in [3.8, 4) is 0 Å². The van der Waals surface area contributed by atoms with Crippen LogP contribution in [0.15, 0.2) is 0 Å². The van der Waals surface area contributed by atoms with Crippen molar-refractivity contribution in [3.05, 3.63) is 0 Å². The molecule has 0 heterocycles. The van der Waals surface area contributed by atoms with Gasteiger partial charge in [-0.05, 0) is 24.7 Å². The van der Waals surface area contributed by atoms with Gasteiger partial charge in [0.1, 0.15) is 0 Å². The van der Waals surface area contributed by atoms with E-state index < -0.39 is 0 Å². The van der Waals surface area contributed by atoms with Crippen molar-refractivity contribution in [1.82, 2.24) is 0 Å². The zero-order valence-electron chi connectivity index (χ0n) is 9.12. The van der Waals surface area contributed by atoms with Crippen LogP contribution in [0, 0.1) is 11.8 Å². The molecule has 0 saturated heterocycles. The number of hydrogen-bond donors (Lipinski definition) is 1. The topological polar surface area (TPSA) is 35.2 Å². The Hall–Kier alpha value is -0.0800. The van der Waals surface area contributed by atoms with Crippen LogP contribution in [-0.2, 0) is 4.74 Å². The van der Waals surface area contributed by atoms with Crippen LogP contribution in [0.5, 0.6) is 0 Å². The maximum Gasteiger partial charge on any atom is 0.0744 e. The molecule has 2 unspecified atom stereocenters. The molecule has 1 saturated carbocycles. The molecule has 2 nitrogen and oxygen atoms in total. The van der Waals surface area contributed by atoms with Gasteiger partial charge in [-0.2, -0.15) is 0 Å². The summed E-state index contributed by atoms with van der Waals surface area (Å²) in [6.07, 6.45) is 5.51. The van der Waals surface area contributed by atoms with Gasteiger partial charge in [-0.15, -0.1) is 0 Å². The lowest BCUT2D eigenvalue weighted by molar-refractivity contribution is 0.0410. The fourth-order valence-corrected chi connectivity index (χ4v) is 1.94. The highest BCUT2D eigenvalue weighted by atomic mass is 16.5. The molecule has 2 N–H and O–H groups in total. The minimum atomic E-state index is 0.227. The van der Waals surface area contributed by atoms with E-state index in [4.69, 9.17) is 10.5 Å². The predicted molar refractivity (Wildman–Crippen MR) is 55.6 cm³/mol. The molecule has 78 valence electrons. The van der Waals surface area contributed by atoms with E-state index in [1.807, 2.05) is 0 Å². The van der Waals surface area contributed by atoms with Gasteiger partial charge in [-0.1, -0.05) is 26.7 Å². The van der Waals surface area contributed by atoms with Crippen molar-refractivity contribution >= 4 is 0 Å². The Bertz CT molecular complexity index is 143. The number of methoxy groups -OCH3 is 1. The average molecular weight is 185 g/mol. The Labute approximate surface area is 81.8 Å². The first-order valence-electron chi connectivity index (χ1n) is 5.43. The van der Waals surface area contributed by atoms with E-state index in [1.165, 1.54) is 19.3 Å². The molecule has 2 heteroatoms. The van der Waals surface area contributed by atoms with Crippen LogP contribution in [0.4, 0.5) is 0 Å². The summed E-state index contributed by atoms with van der Waals surface area (Å²) in [7, 11) is 1.77. The molecule has 0 bridgehead atoms. The van der Waals surface area contributed by atoms with Gasteiger partial charge >= 0.3 is 0 Å². The third-order valence-corrected chi connectivity index (χ3v) is 2.96. The van der Waals surface area contributed by atoms with Gasteiger partial charge in [-0.25, -0.2) is 0 Å². The first-order valence-corrected chi connectivity index (χ1v) is 5.43. The van der Waals surface area contributed by atoms with E-state index in [-0.39, 0.29) is 12.1 Å². The van der Waals surface area contributed by atoms with E-state index in [2.05, 4.69) is 13.8 Å². The van der Waals surface area contributed by atoms with E-state index in [9.17, 15) is 0 Å². The highest BCUT2D eigenvalue weighted by Gasteiger charge is 2.25. The largest absolute Gasteiger partial charge is 0.380 e. The van der Waals surface area contributed by atoms with Gasteiger partial charge in [0.15, 0.2) is 0 Å². The van der Waals surface area contributed by atoms with Crippen molar-refractivity contribution in [1.29, 1.82) is 0 Å². The Morgan fingerprint density at radius 2 is 2.00 bits per heavy atom. The van der Waals surface area contributed by atoms with Crippen molar-refractivity contribution < 1.29 is 4.74 Å². The van der Waals surface area contributed by atoms with Crippen LogP contribution < -0.4 is 5.73 Å². The third kappa shape index (κ3) is 3.65. The van der Waals surface area contributed by atoms with Crippen molar-refractivity contribution in [2.24, 2.45) is 17.6 Å². The third-order valence-electron chi connectivity index (χ3n) is 2.96. The Morgan fingerprint density at radius 3 is 2.38 bits per heavy atom. The maximum atomic E-state index is 6.08. The standard InChI is InChI=1S/C11H23NO/c1-8(2)11(13-3)10(12)7-6-9-4-5-9/h8-11H,4-7,12H2,1-3H3. The monoisotopic (exact) mass is 185 g/mol. The zero-order valence-corrected chi connectivity index (χ0v) is 9.12. The summed E-state index contributed by atoms with van der Waals surface area (Å²) in [6.45, 7) is 4.34. The second kappa shape index (κ2) is 4.97. The van der Waals surface area contributed by atoms with Gasteiger partial charge < -0.3 is 10.5 Å². The average Bonchev–Trinajstić information content (AvgIpc) is 2.84. The van der Waals surface area contributed by atoms with Crippen LogP contribution >= 0.6 is 0 Å². The molecule has 0 aromatic heterocycles. The summed E-state index contributed by atoms with van der Waals surface area (Å²) in [6, 6.07) is 0.227. The predicted octanol–water partition coefficient (Wildman–Crippen LogP) is 2.17. The maximum absolute atomic E-state index is 6.08. The summed E-state index contributed by atoms with van der Waals surface area (Å²) in [5.41, 5.74) is 6.08. The number of hydrogen-bond acceptors (Lipinski definition) is 2. The summed E-state index contributed by atoms with van der Waals surface area (Å²) in [5, 5.41) is 0. The molecule has 0 amide bonds. The van der Waals surface area contributed by atoms with Crippen molar-refractivity contribution in [2.45, 2.75) is 51.7 Å². The summed E-state index contributed by atoms with van der Waals surface area (Å²) in [4.78, 5) is 0. The van der Waals surface area contributed by atoms with Gasteiger partial charge in [0.05, 0.1) is 6.10 Å². The molecule has 1 fully saturated rings. The van der Waals surface area contributed by atoms with Gasteiger partial charge in [0.2, 0.25) is 0 Å². The highest BCUT2D eigenvalue weighted by Crippen LogP contribution is 2.34. The summed E-state index contributed by atoms with van der Waals surface area (Å²) >= 11 is 0. The lowest BCUT2D eigenvalue weighted by Crippen LogP contribution is -2.39. The minimum absolute atomic E-state index is 0.227.